The van der Waals surface area contributed by atoms with Crippen molar-refractivity contribution >= 4 is 55.7 Å². The lowest BCUT2D eigenvalue weighted by Gasteiger charge is -2.40. The number of hydrogen-bond donors (Lipinski definition) is 2. The highest BCUT2D eigenvalue weighted by Crippen LogP contribution is 2.33. The number of piperazine rings is 1. The number of fused-ring (bicyclic) bond motifs is 2. The highest BCUT2D eigenvalue weighted by atomic mass is 35.5. The molecule has 0 bridgehead atoms. The molecule has 1 aromatic carbocycles. The molecule has 2 N–H and O–H groups in total. The Morgan fingerprint density at radius 1 is 1.20 bits per heavy atom. The van der Waals surface area contributed by atoms with Crippen LogP contribution in [0.5, 0.6) is 0 Å². The van der Waals surface area contributed by atoms with Crippen molar-refractivity contribution in [3.63, 3.8) is 0 Å². The van der Waals surface area contributed by atoms with E-state index in [1.807, 2.05) is 4.90 Å². The molecule has 13 heteroatoms. The molecule has 40 heavy (non-hydrogen) atoms. The number of halogens is 1. The fourth-order valence-electron chi connectivity index (χ4n) is 5.89. The number of likely N-dealkylation sites (tertiary alicyclic amines) is 1. The van der Waals surface area contributed by atoms with Crippen LogP contribution in [0.3, 0.4) is 0 Å². The van der Waals surface area contributed by atoms with E-state index in [0.29, 0.717) is 48.0 Å². The van der Waals surface area contributed by atoms with Crippen LogP contribution in [0.25, 0.3) is 10.9 Å². The van der Waals surface area contributed by atoms with E-state index >= 15 is 0 Å². The van der Waals surface area contributed by atoms with Crippen LogP contribution >= 0.6 is 22.9 Å². The molecule has 2 aromatic heterocycles. The van der Waals surface area contributed by atoms with Gasteiger partial charge in [0.15, 0.2) is 5.01 Å². The number of nitrogens with one attached hydrogen (secondary N) is 2. The molecule has 3 aliphatic heterocycles. The summed E-state index contributed by atoms with van der Waals surface area (Å²) in [6.45, 7) is 6.66. The predicted octanol–water partition coefficient (Wildman–Crippen LogP) is 3.40. The number of hydrogen-bond acceptors (Lipinski definition) is 7. The van der Waals surface area contributed by atoms with E-state index < -0.39 is 16.1 Å². The van der Waals surface area contributed by atoms with Gasteiger partial charge in [-0.05, 0) is 44.0 Å². The highest BCUT2D eigenvalue weighted by molar-refractivity contribution is 7.89. The Balaban J connectivity index is 1.26. The number of carbonyl (C=O) groups is 2. The number of thiazole rings is 1. The van der Waals surface area contributed by atoms with E-state index in [9.17, 15) is 18.0 Å². The summed E-state index contributed by atoms with van der Waals surface area (Å²) in [7, 11) is -3.85. The van der Waals surface area contributed by atoms with E-state index in [1.54, 1.807) is 29.2 Å². The molecule has 3 aromatic rings. The van der Waals surface area contributed by atoms with Gasteiger partial charge in [-0.3, -0.25) is 9.59 Å². The predicted molar refractivity (Wildman–Crippen MR) is 154 cm³/mol. The van der Waals surface area contributed by atoms with Gasteiger partial charge in [0.05, 0.1) is 5.69 Å². The standard InChI is InChI=1S/C27H33ClN6O4S2/c1-16-17(2)29-14-22-25(16)31-26(39-22)27(36)34-11-10-33(15-20(34)7-9-32-8-3-4-24(32)35)40(37,38)23-13-18-12-19(28)5-6-21(18)30-23/h5-6,12-13,16-17,20,29-30H,3-4,7-11,14-15H2,1-2H3. The Morgan fingerprint density at radius 3 is 2.80 bits per heavy atom. The van der Waals surface area contributed by atoms with Gasteiger partial charge >= 0.3 is 0 Å². The molecule has 0 radical (unpaired) electrons. The van der Waals surface area contributed by atoms with Crippen LogP contribution in [0, 0.1) is 0 Å². The number of H-pyrrole nitrogens is 1. The smallest absolute Gasteiger partial charge is 0.283 e. The molecule has 2 fully saturated rings. The van der Waals surface area contributed by atoms with Crippen molar-refractivity contribution in [1.29, 1.82) is 0 Å². The third kappa shape index (κ3) is 5.04. The molecule has 3 aliphatic rings. The van der Waals surface area contributed by atoms with Crippen molar-refractivity contribution < 1.29 is 18.0 Å². The van der Waals surface area contributed by atoms with Crippen LogP contribution in [0.4, 0.5) is 0 Å². The number of nitrogens with zero attached hydrogens (tertiary/aromatic N) is 4. The quantitative estimate of drug-likeness (QED) is 0.445. The summed E-state index contributed by atoms with van der Waals surface area (Å²) in [5.74, 6) is 0.138. The Morgan fingerprint density at radius 2 is 2.02 bits per heavy atom. The van der Waals surface area contributed by atoms with Gasteiger partial charge in [-0.25, -0.2) is 13.4 Å². The monoisotopic (exact) mass is 604 g/mol. The number of aromatic amines is 1. The maximum absolute atomic E-state index is 13.8. The number of aromatic nitrogens is 2. The van der Waals surface area contributed by atoms with Crippen molar-refractivity contribution in [3.8, 4) is 0 Å². The van der Waals surface area contributed by atoms with E-state index in [4.69, 9.17) is 16.6 Å². The molecule has 3 unspecified atom stereocenters. The van der Waals surface area contributed by atoms with Gasteiger partial charge in [-0.1, -0.05) is 18.5 Å². The van der Waals surface area contributed by atoms with Crippen LogP contribution in [0.15, 0.2) is 29.3 Å². The summed E-state index contributed by atoms with van der Waals surface area (Å²) in [4.78, 5) is 38.6. The lowest BCUT2D eigenvalue weighted by Crippen LogP contribution is -2.57. The molecule has 10 nitrogen and oxygen atoms in total. The minimum atomic E-state index is -3.85. The zero-order chi connectivity index (χ0) is 28.2. The van der Waals surface area contributed by atoms with E-state index in [2.05, 4.69) is 24.1 Å². The number of carbonyl (C=O) groups excluding carboxylic acids is 2. The van der Waals surface area contributed by atoms with Gasteiger partial charge in [0.1, 0.15) is 5.03 Å². The third-order valence-electron chi connectivity index (χ3n) is 8.46. The summed E-state index contributed by atoms with van der Waals surface area (Å²) in [5, 5.41) is 5.25. The van der Waals surface area contributed by atoms with Crippen LogP contribution in [0.1, 0.15) is 59.4 Å². The van der Waals surface area contributed by atoms with Crippen molar-refractivity contribution in [3.05, 3.63) is 44.9 Å². The Kier molecular flexibility index (Phi) is 7.41. The van der Waals surface area contributed by atoms with Crippen LogP contribution in [-0.4, -0.2) is 89.1 Å². The molecule has 0 saturated carbocycles. The second-order valence-corrected chi connectivity index (χ2v) is 14.4. The zero-order valence-corrected chi connectivity index (χ0v) is 24.9. The minimum absolute atomic E-state index is 0.0984. The lowest BCUT2D eigenvalue weighted by atomic mass is 9.95. The normalized spacial score (nSPS) is 24.2. The summed E-state index contributed by atoms with van der Waals surface area (Å²) < 4.78 is 28.9. The number of benzene rings is 1. The van der Waals surface area contributed by atoms with Gasteiger partial charge in [-0.2, -0.15) is 4.31 Å². The fraction of sp³-hybridized carbons (Fsp3) is 0.519. The van der Waals surface area contributed by atoms with E-state index in [0.717, 1.165) is 22.4 Å². The maximum atomic E-state index is 13.8. The second-order valence-electron chi connectivity index (χ2n) is 10.9. The molecule has 214 valence electrons. The van der Waals surface area contributed by atoms with Gasteiger partial charge in [0.2, 0.25) is 5.91 Å². The average Bonchev–Trinajstić information content (AvgIpc) is 3.67. The first kappa shape index (κ1) is 27.6. The number of amides is 2. The minimum Gasteiger partial charge on any atom is -0.345 e. The SMILES string of the molecule is CC1NCc2sc(C(=O)N3CCN(S(=O)(=O)c4cc5cc(Cl)ccc5[nH]4)CC3CCN3CCCC3=O)nc2C1C. The van der Waals surface area contributed by atoms with Crippen LogP contribution in [0.2, 0.25) is 5.02 Å². The summed E-state index contributed by atoms with van der Waals surface area (Å²) in [5.41, 5.74) is 1.66. The first-order valence-electron chi connectivity index (χ1n) is 13.7. The fourth-order valence-corrected chi connectivity index (χ4v) is 8.62. The van der Waals surface area contributed by atoms with Gasteiger partial charge in [-0.15, -0.1) is 11.3 Å². The first-order valence-corrected chi connectivity index (χ1v) is 16.4. The molecule has 3 atom stereocenters. The molecule has 2 amide bonds. The van der Waals surface area contributed by atoms with Crippen LogP contribution in [-0.2, 0) is 21.4 Å². The number of sulfonamides is 1. The molecular weight excluding hydrogens is 572 g/mol. The topological polar surface area (TPSA) is 119 Å². The van der Waals surface area contributed by atoms with Gasteiger partial charge in [0, 0.05) is 84.5 Å². The third-order valence-corrected chi connectivity index (χ3v) is 11.5. The van der Waals surface area contributed by atoms with Gasteiger partial charge in [0.25, 0.3) is 15.9 Å². The number of rotatable bonds is 6. The summed E-state index contributed by atoms with van der Waals surface area (Å²) in [6, 6.07) is 6.68. The van der Waals surface area contributed by atoms with Gasteiger partial charge < -0.3 is 20.1 Å². The van der Waals surface area contributed by atoms with Crippen molar-refractivity contribution in [2.75, 3.05) is 32.7 Å². The largest absolute Gasteiger partial charge is 0.345 e. The summed E-state index contributed by atoms with van der Waals surface area (Å²) in [6.07, 6.45) is 1.85. The van der Waals surface area contributed by atoms with Crippen LogP contribution < -0.4 is 5.32 Å². The zero-order valence-electron chi connectivity index (χ0n) is 22.5. The maximum Gasteiger partial charge on any atom is 0.283 e. The Labute approximate surface area is 242 Å². The molecule has 2 saturated heterocycles. The molecule has 5 heterocycles. The second kappa shape index (κ2) is 10.7. The lowest BCUT2D eigenvalue weighted by molar-refractivity contribution is -0.127. The van der Waals surface area contributed by atoms with E-state index in [-0.39, 0.29) is 48.4 Å². The Bertz CT molecular complexity index is 1570. The molecular formula is C27H33ClN6O4S2. The Hall–Kier alpha value is -2.51. The first-order chi connectivity index (χ1) is 19.1. The van der Waals surface area contributed by atoms with E-state index in [1.165, 1.54) is 15.6 Å². The van der Waals surface area contributed by atoms with Crippen molar-refractivity contribution in [1.82, 2.24) is 29.4 Å². The van der Waals surface area contributed by atoms with Crippen molar-refractivity contribution in [2.24, 2.45) is 0 Å². The molecule has 0 aliphatic carbocycles. The summed E-state index contributed by atoms with van der Waals surface area (Å²) >= 11 is 7.52. The molecule has 6 rings (SSSR count). The van der Waals surface area contributed by atoms with Crippen molar-refractivity contribution in [2.45, 2.75) is 62.7 Å². The highest BCUT2D eigenvalue weighted by Gasteiger charge is 2.39. The average molecular weight is 605 g/mol. The molecule has 0 spiro atoms.